The van der Waals surface area contributed by atoms with Crippen LogP contribution in [0.4, 0.5) is 13.2 Å². The Morgan fingerprint density at radius 3 is 2.62 bits per heavy atom. The number of aromatic nitrogens is 3. The molecule has 16 heavy (non-hydrogen) atoms. The molecule has 0 fully saturated rings. The minimum absolute atomic E-state index is 0.108. The third-order valence-electron chi connectivity index (χ3n) is 1.94. The zero-order valence-electron chi connectivity index (χ0n) is 7.81. The first-order chi connectivity index (χ1) is 7.30. The van der Waals surface area contributed by atoms with E-state index in [1.165, 1.54) is 4.52 Å². The van der Waals surface area contributed by atoms with Crippen LogP contribution in [0.5, 0.6) is 0 Å². The molecule has 8 heteroatoms. The average molecular weight is 361 g/mol. The lowest BCUT2D eigenvalue weighted by Gasteiger charge is -2.06. The largest absolute Gasteiger partial charge is 0.433 e. The van der Waals surface area contributed by atoms with Crippen LogP contribution in [0.15, 0.2) is 6.07 Å². The topological polar surface area (TPSA) is 30.2 Å². The van der Waals surface area contributed by atoms with Crippen molar-refractivity contribution in [2.24, 2.45) is 0 Å². The molecule has 0 bridgehead atoms. The highest BCUT2D eigenvalue weighted by Gasteiger charge is 2.34. The third kappa shape index (κ3) is 1.86. The summed E-state index contributed by atoms with van der Waals surface area (Å²) in [5.41, 5.74) is -0.296. The number of rotatable bonds is 0. The van der Waals surface area contributed by atoms with E-state index < -0.39 is 11.9 Å². The van der Waals surface area contributed by atoms with Gasteiger partial charge in [-0.2, -0.15) is 18.3 Å². The quantitative estimate of drug-likeness (QED) is 0.532. The number of alkyl halides is 3. The molecule has 0 amide bonds. The Balaban J connectivity index is 2.80. The van der Waals surface area contributed by atoms with Crippen LogP contribution < -0.4 is 0 Å². The van der Waals surface area contributed by atoms with E-state index in [0.717, 1.165) is 6.07 Å². The molecular formula is C8H4ClF3IN3. The predicted molar refractivity (Wildman–Crippen MR) is 60.5 cm³/mol. The van der Waals surface area contributed by atoms with Gasteiger partial charge in [0.15, 0.2) is 5.65 Å². The van der Waals surface area contributed by atoms with E-state index >= 15 is 0 Å². The molecule has 2 heterocycles. The maximum Gasteiger partial charge on any atom is 0.433 e. The second-order valence-corrected chi connectivity index (χ2v) is 4.56. The maximum absolute atomic E-state index is 12.5. The number of nitrogens with zero attached hydrogens (tertiary/aromatic N) is 3. The van der Waals surface area contributed by atoms with Crippen LogP contribution in [0.2, 0.25) is 5.15 Å². The molecule has 3 nitrogen and oxygen atoms in total. The highest BCUT2D eigenvalue weighted by atomic mass is 127. The molecule has 0 unspecified atom stereocenters. The minimum atomic E-state index is -4.51. The molecule has 0 aliphatic rings. The first-order valence-electron chi connectivity index (χ1n) is 4.09. The average Bonchev–Trinajstić information content (AvgIpc) is 2.44. The van der Waals surface area contributed by atoms with Crippen molar-refractivity contribution in [1.29, 1.82) is 0 Å². The monoisotopic (exact) mass is 361 g/mol. The fraction of sp³-hybridized carbons (Fsp3) is 0.250. The summed E-state index contributed by atoms with van der Waals surface area (Å²) in [6, 6.07) is 0.761. The normalized spacial score (nSPS) is 12.4. The highest BCUT2D eigenvalue weighted by molar-refractivity contribution is 14.1. The summed E-state index contributed by atoms with van der Waals surface area (Å²) >= 11 is 7.60. The molecule has 2 aromatic rings. The van der Waals surface area contributed by atoms with Gasteiger partial charge in [0.1, 0.15) is 10.8 Å². The molecule has 0 aromatic carbocycles. The van der Waals surface area contributed by atoms with Crippen molar-refractivity contribution in [3.63, 3.8) is 0 Å². The number of fused-ring (bicyclic) bond motifs is 1. The van der Waals surface area contributed by atoms with Gasteiger partial charge in [-0.15, -0.1) is 0 Å². The van der Waals surface area contributed by atoms with Crippen molar-refractivity contribution < 1.29 is 13.2 Å². The number of aryl methyl sites for hydroxylation is 1. The molecule has 0 saturated carbocycles. The lowest BCUT2D eigenvalue weighted by atomic mass is 10.4. The lowest BCUT2D eigenvalue weighted by Crippen LogP contribution is -2.10. The van der Waals surface area contributed by atoms with Gasteiger partial charge in [-0.25, -0.2) is 9.50 Å². The first-order valence-corrected chi connectivity index (χ1v) is 5.55. The summed E-state index contributed by atoms with van der Waals surface area (Å²) in [5.74, 6) is 0. The third-order valence-corrected chi connectivity index (χ3v) is 3.47. The standard InChI is InChI=1S/C8H4ClF3IN3/c1-3-6(13)7-14-4(8(10,11)12)2-5(9)16(7)15-3/h2H,1H3. The smallest absolute Gasteiger partial charge is 0.223 e. The van der Waals surface area contributed by atoms with Crippen LogP contribution in [-0.2, 0) is 6.18 Å². The molecule has 0 radical (unpaired) electrons. The Hall–Kier alpha value is -0.570. The van der Waals surface area contributed by atoms with Crippen molar-refractivity contribution in [3.05, 3.63) is 26.2 Å². The minimum Gasteiger partial charge on any atom is -0.223 e. The van der Waals surface area contributed by atoms with E-state index in [-0.39, 0.29) is 10.8 Å². The number of hydrogen-bond donors (Lipinski definition) is 0. The van der Waals surface area contributed by atoms with Gasteiger partial charge >= 0.3 is 6.18 Å². The van der Waals surface area contributed by atoms with Gasteiger partial charge in [0, 0.05) is 6.07 Å². The van der Waals surface area contributed by atoms with E-state index in [1.54, 1.807) is 6.92 Å². The van der Waals surface area contributed by atoms with E-state index in [2.05, 4.69) is 10.1 Å². The van der Waals surface area contributed by atoms with Crippen LogP contribution in [0.3, 0.4) is 0 Å². The Bertz CT molecular complexity index is 564. The fourth-order valence-corrected chi connectivity index (χ4v) is 1.89. The van der Waals surface area contributed by atoms with Crippen molar-refractivity contribution in [3.8, 4) is 0 Å². The van der Waals surface area contributed by atoms with Gasteiger partial charge < -0.3 is 0 Å². The number of halogens is 5. The SMILES string of the molecule is Cc1nn2c(Cl)cc(C(F)(F)F)nc2c1I. The van der Waals surface area contributed by atoms with Crippen LogP contribution in [0.25, 0.3) is 5.65 Å². The molecule has 86 valence electrons. The van der Waals surface area contributed by atoms with Gasteiger partial charge in [-0.05, 0) is 29.5 Å². The van der Waals surface area contributed by atoms with Crippen molar-refractivity contribution in [2.45, 2.75) is 13.1 Å². The molecule has 0 spiro atoms. The van der Waals surface area contributed by atoms with E-state index in [0.29, 0.717) is 9.26 Å². The molecule has 0 aliphatic carbocycles. The predicted octanol–water partition coefficient (Wildman–Crippen LogP) is 3.31. The van der Waals surface area contributed by atoms with Crippen LogP contribution >= 0.6 is 34.2 Å². The molecule has 0 aliphatic heterocycles. The zero-order valence-corrected chi connectivity index (χ0v) is 10.7. The molecule has 0 saturated heterocycles. The van der Waals surface area contributed by atoms with Crippen LogP contribution in [0.1, 0.15) is 11.4 Å². The van der Waals surface area contributed by atoms with E-state index in [9.17, 15) is 13.2 Å². The summed E-state index contributed by atoms with van der Waals surface area (Å²) in [6.45, 7) is 1.68. The zero-order chi connectivity index (χ0) is 12.1. The second kappa shape index (κ2) is 3.73. The Labute approximate surface area is 107 Å². The van der Waals surface area contributed by atoms with Gasteiger partial charge in [-0.3, -0.25) is 0 Å². The van der Waals surface area contributed by atoms with Crippen molar-refractivity contribution in [2.75, 3.05) is 0 Å². The van der Waals surface area contributed by atoms with Gasteiger partial charge in [0.05, 0.1) is 9.26 Å². The summed E-state index contributed by atoms with van der Waals surface area (Å²) in [6.07, 6.45) is -4.51. The summed E-state index contributed by atoms with van der Waals surface area (Å²) in [4.78, 5) is 3.51. The first kappa shape index (κ1) is 11.9. The molecule has 0 N–H and O–H groups in total. The van der Waals surface area contributed by atoms with Gasteiger partial charge in [0.2, 0.25) is 0 Å². The van der Waals surface area contributed by atoms with Crippen molar-refractivity contribution in [1.82, 2.24) is 14.6 Å². The van der Waals surface area contributed by atoms with Gasteiger partial charge in [-0.1, -0.05) is 11.6 Å². The van der Waals surface area contributed by atoms with E-state index in [4.69, 9.17) is 11.6 Å². The van der Waals surface area contributed by atoms with Gasteiger partial charge in [0.25, 0.3) is 0 Å². The maximum atomic E-state index is 12.5. The molecule has 0 atom stereocenters. The Kier molecular flexibility index (Phi) is 2.77. The molecule has 2 rings (SSSR count). The summed E-state index contributed by atoms with van der Waals surface area (Å²) in [5, 5.41) is 3.87. The Morgan fingerprint density at radius 2 is 2.06 bits per heavy atom. The van der Waals surface area contributed by atoms with Crippen LogP contribution in [-0.4, -0.2) is 14.6 Å². The van der Waals surface area contributed by atoms with Crippen LogP contribution in [0, 0.1) is 10.5 Å². The fourth-order valence-electron chi connectivity index (χ4n) is 1.21. The van der Waals surface area contributed by atoms with Crippen molar-refractivity contribution >= 4 is 39.8 Å². The lowest BCUT2D eigenvalue weighted by molar-refractivity contribution is -0.141. The molecule has 2 aromatic heterocycles. The molecular weight excluding hydrogens is 357 g/mol. The van der Waals surface area contributed by atoms with E-state index in [1.807, 2.05) is 22.6 Å². The Morgan fingerprint density at radius 1 is 1.44 bits per heavy atom. The summed E-state index contributed by atoms with van der Waals surface area (Å²) < 4.78 is 39.2. The summed E-state index contributed by atoms with van der Waals surface area (Å²) in [7, 11) is 0. The highest BCUT2D eigenvalue weighted by Crippen LogP contribution is 2.31. The number of hydrogen-bond acceptors (Lipinski definition) is 2. The second-order valence-electron chi connectivity index (χ2n) is 3.10.